The normalized spacial score (nSPS) is 9.64. The van der Waals surface area contributed by atoms with Gasteiger partial charge in [-0.3, -0.25) is 9.59 Å². The number of carbonyl (C=O) groups is 1. The van der Waals surface area contributed by atoms with E-state index in [4.69, 9.17) is 0 Å². The van der Waals surface area contributed by atoms with E-state index >= 15 is 0 Å². The molecule has 0 fully saturated rings. The highest BCUT2D eigenvalue weighted by Gasteiger charge is 2.02. The number of ketones is 1. The van der Waals surface area contributed by atoms with Crippen molar-refractivity contribution in [3.8, 4) is 0 Å². The minimum absolute atomic E-state index is 0.203. The van der Waals surface area contributed by atoms with Crippen molar-refractivity contribution in [1.82, 2.24) is 4.98 Å². The van der Waals surface area contributed by atoms with Gasteiger partial charge in [0.2, 0.25) is 0 Å². The van der Waals surface area contributed by atoms with Crippen LogP contribution in [0.5, 0.6) is 0 Å². The number of nitrogens with one attached hydrogen (secondary N) is 1. The van der Waals surface area contributed by atoms with E-state index in [0.29, 0.717) is 0 Å². The van der Waals surface area contributed by atoms with Gasteiger partial charge in [-0.25, -0.2) is 0 Å². The Morgan fingerprint density at radius 2 is 2.09 bits per heavy atom. The van der Waals surface area contributed by atoms with Crippen molar-refractivity contribution in [2.24, 2.45) is 0 Å². The van der Waals surface area contributed by atoms with Crippen LogP contribution >= 0.6 is 0 Å². The molecule has 0 aromatic carbocycles. The zero-order chi connectivity index (χ0) is 8.43. The van der Waals surface area contributed by atoms with Crippen molar-refractivity contribution in [2.75, 3.05) is 0 Å². The van der Waals surface area contributed by atoms with Crippen LogP contribution in [0.2, 0.25) is 0 Å². The lowest BCUT2D eigenvalue weighted by Crippen LogP contribution is -2.15. The lowest BCUT2D eigenvalue weighted by molar-refractivity contribution is 0.101. The minimum atomic E-state index is -0.308. The summed E-state index contributed by atoms with van der Waals surface area (Å²) in [5.74, 6) is -0.203. The standard InChI is InChI=1S/C8H9NO2/c1-5-3-4-7(6(2)10)8(11)9-5/h3-4H,1-2H3,(H,9,11). The number of rotatable bonds is 1. The second-order valence-corrected chi connectivity index (χ2v) is 2.44. The number of aryl methyl sites for hydroxylation is 1. The Kier molecular flexibility index (Phi) is 1.89. The molecule has 3 nitrogen and oxygen atoms in total. The van der Waals surface area contributed by atoms with Gasteiger partial charge < -0.3 is 4.98 Å². The Balaban J connectivity index is 3.32. The van der Waals surface area contributed by atoms with Gasteiger partial charge in [-0.2, -0.15) is 0 Å². The molecule has 0 unspecified atom stereocenters. The van der Waals surface area contributed by atoms with Gasteiger partial charge in [0.15, 0.2) is 5.78 Å². The van der Waals surface area contributed by atoms with Crippen molar-refractivity contribution in [3.63, 3.8) is 0 Å². The summed E-state index contributed by atoms with van der Waals surface area (Å²) < 4.78 is 0. The monoisotopic (exact) mass is 151 g/mol. The fourth-order valence-corrected chi connectivity index (χ4v) is 0.849. The summed E-state index contributed by atoms with van der Waals surface area (Å²) in [5, 5.41) is 0. The largest absolute Gasteiger partial charge is 0.326 e. The van der Waals surface area contributed by atoms with Crippen LogP contribution in [0, 0.1) is 6.92 Å². The Hall–Kier alpha value is -1.38. The van der Waals surface area contributed by atoms with Gasteiger partial charge in [0.05, 0.1) is 5.56 Å². The SMILES string of the molecule is CC(=O)c1ccc(C)[nH]c1=O. The topological polar surface area (TPSA) is 49.9 Å². The number of Topliss-reactive ketones (excluding diaryl/α,β-unsaturated/α-hetero) is 1. The van der Waals surface area contributed by atoms with Gasteiger partial charge in [0.1, 0.15) is 0 Å². The van der Waals surface area contributed by atoms with Crippen LogP contribution in [-0.4, -0.2) is 10.8 Å². The van der Waals surface area contributed by atoms with E-state index in [1.165, 1.54) is 13.0 Å². The van der Waals surface area contributed by atoms with Crippen molar-refractivity contribution in [3.05, 3.63) is 33.7 Å². The van der Waals surface area contributed by atoms with E-state index in [1.807, 2.05) is 0 Å². The van der Waals surface area contributed by atoms with Crippen LogP contribution in [0.4, 0.5) is 0 Å². The first-order chi connectivity index (χ1) is 5.11. The first kappa shape index (κ1) is 7.72. The van der Waals surface area contributed by atoms with Crippen LogP contribution in [0.1, 0.15) is 23.0 Å². The molecule has 0 aliphatic rings. The fraction of sp³-hybridized carbons (Fsp3) is 0.250. The number of hydrogen-bond donors (Lipinski definition) is 1. The molecule has 58 valence electrons. The fourth-order valence-electron chi connectivity index (χ4n) is 0.849. The van der Waals surface area contributed by atoms with Crippen LogP contribution < -0.4 is 5.56 Å². The third kappa shape index (κ3) is 1.55. The number of hydrogen-bond acceptors (Lipinski definition) is 2. The highest BCUT2D eigenvalue weighted by molar-refractivity contribution is 5.93. The van der Waals surface area contributed by atoms with E-state index < -0.39 is 0 Å². The average molecular weight is 151 g/mol. The average Bonchev–Trinajstić information content (AvgIpc) is 1.85. The first-order valence-corrected chi connectivity index (χ1v) is 3.32. The van der Waals surface area contributed by atoms with E-state index in [0.717, 1.165) is 5.69 Å². The highest BCUT2D eigenvalue weighted by atomic mass is 16.1. The Morgan fingerprint density at radius 1 is 1.45 bits per heavy atom. The molecule has 1 aromatic heterocycles. The number of aromatic amines is 1. The molecule has 1 N–H and O–H groups in total. The maximum Gasteiger partial charge on any atom is 0.258 e. The molecule has 0 aliphatic carbocycles. The minimum Gasteiger partial charge on any atom is -0.326 e. The molecule has 0 spiro atoms. The highest BCUT2D eigenvalue weighted by Crippen LogP contribution is 1.93. The van der Waals surface area contributed by atoms with E-state index in [2.05, 4.69) is 4.98 Å². The predicted molar refractivity (Wildman–Crippen MR) is 41.8 cm³/mol. The van der Waals surface area contributed by atoms with Gasteiger partial charge >= 0.3 is 0 Å². The maximum absolute atomic E-state index is 11.0. The summed E-state index contributed by atoms with van der Waals surface area (Å²) in [6.07, 6.45) is 0. The summed E-state index contributed by atoms with van der Waals surface area (Å²) in [6, 6.07) is 3.24. The number of pyridine rings is 1. The van der Waals surface area contributed by atoms with Crippen molar-refractivity contribution >= 4 is 5.78 Å². The maximum atomic E-state index is 11.0. The van der Waals surface area contributed by atoms with Crippen LogP contribution in [-0.2, 0) is 0 Å². The van der Waals surface area contributed by atoms with E-state index in [-0.39, 0.29) is 16.9 Å². The number of H-pyrrole nitrogens is 1. The molecule has 0 bridgehead atoms. The predicted octanol–water partition coefficient (Wildman–Crippen LogP) is 0.886. The van der Waals surface area contributed by atoms with Gasteiger partial charge in [0.25, 0.3) is 5.56 Å². The molecule has 1 rings (SSSR count). The van der Waals surface area contributed by atoms with E-state index in [1.54, 1.807) is 13.0 Å². The van der Waals surface area contributed by atoms with Crippen LogP contribution in [0.3, 0.4) is 0 Å². The Bertz CT molecular complexity index is 338. The molecule has 1 aromatic rings. The summed E-state index contributed by atoms with van der Waals surface area (Å²) in [5.41, 5.74) is 0.674. The Morgan fingerprint density at radius 3 is 2.55 bits per heavy atom. The second-order valence-electron chi connectivity index (χ2n) is 2.44. The summed E-state index contributed by atoms with van der Waals surface area (Å²) >= 11 is 0. The number of carbonyl (C=O) groups excluding carboxylic acids is 1. The number of aromatic nitrogens is 1. The third-order valence-electron chi connectivity index (χ3n) is 1.43. The van der Waals surface area contributed by atoms with Gasteiger partial charge in [0, 0.05) is 5.69 Å². The smallest absolute Gasteiger partial charge is 0.258 e. The summed E-state index contributed by atoms with van der Waals surface area (Å²) in [7, 11) is 0. The second kappa shape index (κ2) is 2.70. The third-order valence-corrected chi connectivity index (χ3v) is 1.43. The zero-order valence-corrected chi connectivity index (χ0v) is 6.47. The molecule has 0 aliphatic heterocycles. The van der Waals surface area contributed by atoms with Crippen LogP contribution in [0.25, 0.3) is 0 Å². The van der Waals surface area contributed by atoms with E-state index in [9.17, 15) is 9.59 Å². The van der Waals surface area contributed by atoms with Crippen molar-refractivity contribution in [1.29, 1.82) is 0 Å². The lowest BCUT2D eigenvalue weighted by Gasteiger charge is -1.94. The molecule has 0 atom stereocenters. The summed E-state index contributed by atoms with van der Waals surface area (Å²) in [6.45, 7) is 3.14. The quantitative estimate of drug-likeness (QED) is 0.606. The molecule has 3 heteroatoms. The molecule has 0 saturated heterocycles. The van der Waals surface area contributed by atoms with Crippen molar-refractivity contribution < 1.29 is 4.79 Å². The molecule has 0 radical (unpaired) electrons. The zero-order valence-electron chi connectivity index (χ0n) is 6.47. The molecule has 11 heavy (non-hydrogen) atoms. The molecular formula is C8H9NO2. The van der Waals surface area contributed by atoms with Crippen LogP contribution in [0.15, 0.2) is 16.9 Å². The van der Waals surface area contributed by atoms with Gasteiger partial charge in [-0.05, 0) is 26.0 Å². The summed E-state index contributed by atoms with van der Waals surface area (Å²) in [4.78, 5) is 24.3. The molecular weight excluding hydrogens is 142 g/mol. The van der Waals surface area contributed by atoms with Gasteiger partial charge in [-0.1, -0.05) is 0 Å². The molecule has 0 amide bonds. The van der Waals surface area contributed by atoms with Crippen molar-refractivity contribution in [2.45, 2.75) is 13.8 Å². The molecule has 0 saturated carbocycles. The Labute approximate surface area is 64.1 Å². The molecule has 1 heterocycles. The van der Waals surface area contributed by atoms with Gasteiger partial charge in [-0.15, -0.1) is 0 Å². The lowest BCUT2D eigenvalue weighted by atomic mass is 10.2. The first-order valence-electron chi connectivity index (χ1n) is 3.32.